The van der Waals surface area contributed by atoms with Crippen molar-refractivity contribution in [2.75, 3.05) is 0 Å². The van der Waals surface area contributed by atoms with Gasteiger partial charge in [0.25, 0.3) is 0 Å². The van der Waals surface area contributed by atoms with Crippen molar-refractivity contribution >= 4 is 43.4 Å². The highest BCUT2D eigenvalue weighted by Gasteiger charge is 2.20. The van der Waals surface area contributed by atoms with E-state index in [1.165, 1.54) is 32.3 Å². The Labute approximate surface area is 225 Å². The molecule has 0 saturated carbocycles. The minimum atomic E-state index is 0.947. The average molecular weight is 498 g/mol. The predicted molar refractivity (Wildman–Crippen MR) is 163 cm³/mol. The Hall–Kier alpha value is -5.28. The van der Waals surface area contributed by atoms with Gasteiger partial charge in [0.05, 0.1) is 28.1 Å². The van der Waals surface area contributed by atoms with Gasteiger partial charge in [-0.05, 0) is 57.9 Å². The second-order valence-electron chi connectivity index (χ2n) is 9.90. The average Bonchev–Trinajstić information content (AvgIpc) is 3.43. The van der Waals surface area contributed by atoms with Gasteiger partial charge in [0.1, 0.15) is 0 Å². The Balaban J connectivity index is 1.54. The van der Waals surface area contributed by atoms with Crippen LogP contribution in [0.3, 0.4) is 0 Å². The topological polar surface area (TPSA) is 41.6 Å². The number of hydrogen-bond donors (Lipinski definition) is 1. The number of pyridine rings is 2. The molecule has 0 atom stereocenters. The van der Waals surface area contributed by atoms with Crippen LogP contribution in [0.2, 0.25) is 0 Å². The molecule has 39 heavy (non-hydrogen) atoms. The third-order valence-corrected chi connectivity index (χ3v) is 7.63. The van der Waals surface area contributed by atoms with E-state index < -0.39 is 0 Å². The standard InChI is InChI=1S/C36H23N3/c1-2-11-23(12-3-1)30-18-10-19-32(38-30)29-22-25-14-5-7-16-27(25)34-33-26-15-6-4-13-24(26)21-28(35(33)39-36(29)34)31-17-8-9-20-37-31/h1-22,39H. The highest BCUT2D eigenvalue weighted by molar-refractivity contribution is 6.31. The molecule has 182 valence electrons. The zero-order valence-corrected chi connectivity index (χ0v) is 21.1. The van der Waals surface area contributed by atoms with Crippen molar-refractivity contribution in [3.8, 4) is 33.8 Å². The molecule has 5 aromatic carbocycles. The monoisotopic (exact) mass is 497 g/mol. The number of rotatable bonds is 3. The molecule has 0 bridgehead atoms. The molecule has 0 saturated heterocycles. The number of hydrogen-bond acceptors (Lipinski definition) is 2. The molecule has 0 aliphatic rings. The lowest BCUT2D eigenvalue weighted by Crippen LogP contribution is -1.90. The van der Waals surface area contributed by atoms with Crippen LogP contribution in [0, 0.1) is 0 Å². The SMILES string of the molecule is c1ccc(-c2cccc(-c3cc4ccccc4c4c3[nH]c3c(-c5ccccn5)cc5ccccc5c34)n2)cc1. The molecule has 3 heterocycles. The van der Waals surface area contributed by atoms with Crippen molar-refractivity contribution in [1.82, 2.24) is 15.0 Å². The van der Waals surface area contributed by atoms with E-state index in [1.54, 1.807) is 0 Å². The van der Waals surface area contributed by atoms with Gasteiger partial charge >= 0.3 is 0 Å². The second kappa shape index (κ2) is 8.64. The molecule has 0 spiro atoms. The summed E-state index contributed by atoms with van der Waals surface area (Å²) < 4.78 is 0. The predicted octanol–water partition coefficient (Wildman–Crippen LogP) is 9.42. The lowest BCUT2D eigenvalue weighted by atomic mass is 9.94. The molecule has 0 aliphatic heterocycles. The summed E-state index contributed by atoms with van der Waals surface area (Å²) in [6, 6.07) is 44.6. The molecule has 3 heteroatoms. The maximum absolute atomic E-state index is 5.15. The van der Waals surface area contributed by atoms with E-state index in [4.69, 9.17) is 9.97 Å². The first-order valence-corrected chi connectivity index (χ1v) is 13.2. The Morgan fingerprint density at radius 2 is 1.03 bits per heavy atom. The zero-order valence-electron chi connectivity index (χ0n) is 21.1. The summed E-state index contributed by atoms with van der Waals surface area (Å²) >= 11 is 0. The molecule has 0 radical (unpaired) electrons. The van der Waals surface area contributed by atoms with Crippen LogP contribution in [0.15, 0.2) is 134 Å². The quantitative estimate of drug-likeness (QED) is 0.264. The van der Waals surface area contributed by atoms with E-state index in [0.717, 1.165) is 44.8 Å². The van der Waals surface area contributed by atoms with Gasteiger partial charge < -0.3 is 4.98 Å². The number of fused-ring (bicyclic) bond motifs is 7. The maximum atomic E-state index is 5.15. The lowest BCUT2D eigenvalue weighted by molar-refractivity contribution is 1.32. The highest BCUT2D eigenvalue weighted by Crippen LogP contribution is 2.44. The first-order valence-electron chi connectivity index (χ1n) is 13.2. The Morgan fingerprint density at radius 3 is 1.69 bits per heavy atom. The third-order valence-electron chi connectivity index (χ3n) is 7.63. The van der Waals surface area contributed by atoms with Gasteiger partial charge in [-0.15, -0.1) is 0 Å². The fourth-order valence-electron chi connectivity index (χ4n) is 5.88. The summed E-state index contributed by atoms with van der Waals surface area (Å²) in [7, 11) is 0. The largest absolute Gasteiger partial charge is 0.353 e. The number of H-pyrrole nitrogens is 1. The van der Waals surface area contributed by atoms with Crippen LogP contribution in [-0.4, -0.2) is 15.0 Å². The van der Waals surface area contributed by atoms with Crippen LogP contribution in [0.4, 0.5) is 0 Å². The molecule has 3 nitrogen and oxygen atoms in total. The number of nitrogens with one attached hydrogen (secondary N) is 1. The van der Waals surface area contributed by atoms with Crippen molar-refractivity contribution in [3.63, 3.8) is 0 Å². The van der Waals surface area contributed by atoms with Gasteiger partial charge in [-0.25, -0.2) is 4.98 Å². The molecule has 8 rings (SSSR count). The first kappa shape index (κ1) is 21.8. The van der Waals surface area contributed by atoms with Crippen LogP contribution < -0.4 is 0 Å². The minimum Gasteiger partial charge on any atom is -0.353 e. The smallest absolute Gasteiger partial charge is 0.0730 e. The zero-order chi connectivity index (χ0) is 25.8. The Bertz CT molecular complexity index is 2160. The molecular formula is C36H23N3. The molecule has 3 aromatic heterocycles. The van der Waals surface area contributed by atoms with Gasteiger partial charge in [0.15, 0.2) is 0 Å². The van der Waals surface area contributed by atoms with Crippen LogP contribution in [0.5, 0.6) is 0 Å². The van der Waals surface area contributed by atoms with E-state index in [2.05, 4.69) is 114 Å². The third kappa shape index (κ3) is 3.44. The fourth-order valence-corrected chi connectivity index (χ4v) is 5.88. The Morgan fingerprint density at radius 1 is 0.462 bits per heavy atom. The normalized spacial score (nSPS) is 11.6. The van der Waals surface area contributed by atoms with Gasteiger partial charge in [-0.3, -0.25) is 4.98 Å². The summed E-state index contributed by atoms with van der Waals surface area (Å²) in [4.78, 5) is 13.8. The molecule has 0 unspecified atom stereocenters. The molecule has 1 N–H and O–H groups in total. The van der Waals surface area contributed by atoms with Crippen LogP contribution in [-0.2, 0) is 0 Å². The van der Waals surface area contributed by atoms with Gasteiger partial charge in [-0.2, -0.15) is 0 Å². The van der Waals surface area contributed by atoms with Crippen molar-refractivity contribution in [2.24, 2.45) is 0 Å². The van der Waals surface area contributed by atoms with E-state index in [9.17, 15) is 0 Å². The summed E-state index contributed by atoms with van der Waals surface area (Å²) in [5.41, 5.74) is 8.35. The summed E-state index contributed by atoms with van der Waals surface area (Å²) in [6.45, 7) is 0. The number of nitrogens with zero attached hydrogens (tertiary/aromatic N) is 2. The van der Waals surface area contributed by atoms with Crippen molar-refractivity contribution in [3.05, 3.63) is 134 Å². The van der Waals surface area contributed by atoms with Gasteiger partial charge in [0.2, 0.25) is 0 Å². The Kier molecular flexibility index (Phi) is 4.82. The van der Waals surface area contributed by atoms with Crippen molar-refractivity contribution < 1.29 is 0 Å². The molecule has 0 fully saturated rings. The molecule has 0 aliphatic carbocycles. The van der Waals surface area contributed by atoms with Gasteiger partial charge in [0, 0.05) is 33.7 Å². The van der Waals surface area contributed by atoms with E-state index in [0.29, 0.717) is 0 Å². The number of aromatic nitrogens is 3. The van der Waals surface area contributed by atoms with Crippen LogP contribution >= 0.6 is 0 Å². The van der Waals surface area contributed by atoms with Gasteiger partial charge in [-0.1, -0.05) is 91.0 Å². The number of aromatic amines is 1. The fraction of sp³-hybridized carbons (Fsp3) is 0. The summed E-state index contributed by atoms with van der Waals surface area (Å²) in [6.07, 6.45) is 1.86. The van der Waals surface area contributed by atoms with E-state index in [1.807, 2.05) is 24.4 Å². The highest BCUT2D eigenvalue weighted by atomic mass is 14.8. The molecule has 8 aromatic rings. The second-order valence-corrected chi connectivity index (χ2v) is 9.90. The summed E-state index contributed by atoms with van der Waals surface area (Å²) in [5.74, 6) is 0. The van der Waals surface area contributed by atoms with Crippen LogP contribution in [0.25, 0.3) is 77.1 Å². The van der Waals surface area contributed by atoms with Crippen molar-refractivity contribution in [1.29, 1.82) is 0 Å². The van der Waals surface area contributed by atoms with Crippen LogP contribution in [0.1, 0.15) is 0 Å². The maximum Gasteiger partial charge on any atom is 0.0730 e. The van der Waals surface area contributed by atoms with E-state index >= 15 is 0 Å². The van der Waals surface area contributed by atoms with Crippen molar-refractivity contribution in [2.45, 2.75) is 0 Å². The van der Waals surface area contributed by atoms with E-state index in [-0.39, 0.29) is 0 Å². The lowest BCUT2D eigenvalue weighted by Gasteiger charge is -2.10. The number of benzene rings is 5. The summed E-state index contributed by atoms with van der Waals surface area (Å²) in [5, 5.41) is 7.29. The minimum absolute atomic E-state index is 0.947. The molecular weight excluding hydrogens is 474 g/mol. The molecule has 0 amide bonds. The first-order chi connectivity index (χ1) is 19.3.